The predicted molar refractivity (Wildman–Crippen MR) is 80.6 cm³/mol. The van der Waals surface area contributed by atoms with Crippen LogP contribution in [-0.2, 0) is 6.54 Å². The third kappa shape index (κ3) is 4.33. The molecule has 0 atom stereocenters. The van der Waals surface area contributed by atoms with E-state index in [-0.39, 0.29) is 0 Å². The van der Waals surface area contributed by atoms with E-state index in [9.17, 15) is 0 Å². The Hall–Kier alpha value is -1.03. The number of para-hydroxylation sites is 1. The average Bonchev–Trinajstić information content (AvgIpc) is 2.76. The smallest absolute Gasteiger partial charge is 0.0931 e. The maximum Gasteiger partial charge on any atom is 0.0931 e. The van der Waals surface area contributed by atoms with Gasteiger partial charge in [-0.05, 0) is 31.3 Å². The molecule has 0 unspecified atom stereocenters. The highest BCUT2D eigenvalue weighted by molar-refractivity contribution is 7.16. The second-order valence-electron chi connectivity index (χ2n) is 4.24. The molecule has 1 aromatic heterocycles. The number of likely N-dealkylation sites (N-methyl/N-ethyl adjacent to an activating group) is 1. The molecule has 2 aromatic rings. The highest BCUT2D eigenvalue weighted by atomic mass is 35.5. The largest absolute Gasteiger partial charge is 0.384 e. The lowest BCUT2D eigenvalue weighted by Gasteiger charge is -2.16. The van der Waals surface area contributed by atoms with Crippen molar-refractivity contribution in [2.24, 2.45) is 0 Å². The van der Waals surface area contributed by atoms with Gasteiger partial charge in [-0.3, -0.25) is 4.90 Å². The van der Waals surface area contributed by atoms with E-state index < -0.39 is 0 Å². The van der Waals surface area contributed by atoms with Gasteiger partial charge in [-0.1, -0.05) is 29.8 Å². The van der Waals surface area contributed by atoms with Gasteiger partial charge >= 0.3 is 0 Å². The third-order valence-electron chi connectivity index (χ3n) is 2.65. The highest BCUT2D eigenvalue weighted by Gasteiger charge is 2.02. The van der Waals surface area contributed by atoms with E-state index in [4.69, 9.17) is 11.6 Å². The van der Waals surface area contributed by atoms with Crippen molar-refractivity contribution in [3.63, 3.8) is 0 Å². The van der Waals surface area contributed by atoms with Crippen LogP contribution in [0, 0.1) is 0 Å². The summed E-state index contributed by atoms with van der Waals surface area (Å²) < 4.78 is 0.862. The van der Waals surface area contributed by atoms with E-state index in [1.54, 1.807) is 11.3 Å². The molecule has 1 N–H and O–H groups in total. The third-order valence-corrected chi connectivity index (χ3v) is 3.87. The summed E-state index contributed by atoms with van der Waals surface area (Å²) in [6, 6.07) is 14.3. The molecule has 0 spiro atoms. The zero-order chi connectivity index (χ0) is 12.8. The van der Waals surface area contributed by atoms with Crippen LogP contribution >= 0.6 is 22.9 Å². The normalized spacial score (nSPS) is 10.8. The number of hydrogen-bond donors (Lipinski definition) is 1. The van der Waals surface area contributed by atoms with Gasteiger partial charge in [0.05, 0.1) is 4.34 Å². The maximum absolute atomic E-state index is 5.92. The Labute approximate surface area is 117 Å². The monoisotopic (exact) mass is 280 g/mol. The first kappa shape index (κ1) is 13.4. The Morgan fingerprint density at radius 2 is 1.94 bits per heavy atom. The maximum atomic E-state index is 5.92. The number of hydrogen-bond acceptors (Lipinski definition) is 3. The summed E-state index contributed by atoms with van der Waals surface area (Å²) in [7, 11) is 2.13. The van der Waals surface area contributed by atoms with Gasteiger partial charge in [-0.15, -0.1) is 11.3 Å². The van der Waals surface area contributed by atoms with E-state index in [1.165, 1.54) is 10.6 Å². The van der Waals surface area contributed by atoms with Crippen LogP contribution < -0.4 is 5.32 Å². The second-order valence-corrected chi connectivity index (χ2v) is 6.04. The average molecular weight is 281 g/mol. The van der Waals surface area contributed by atoms with Crippen molar-refractivity contribution < 1.29 is 0 Å². The van der Waals surface area contributed by atoms with Crippen LogP contribution in [0.25, 0.3) is 0 Å². The molecule has 0 saturated heterocycles. The molecule has 18 heavy (non-hydrogen) atoms. The van der Waals surface area contributed by atoms with Gasteiger partial charge in [-0.2, -0.15) is 0 Å². The number of benzene rings is 1. The molecule has 0 aliphatic heterocycles. The van der Waals surface area contributed by atoms with Gasteiger partial charge in [0.15, 0.2) is 0 Å². The lowest BCUT2D eigenvalue weighted by molar-refractivity contribution is 0.343. The summed E-state index contributed by atoms with van der Waals surface area (Å²) in [5, 5.41) is 3.40. The first-order valence-electron chi connectivity index (χ1n) is 5.96. The predicted octanol–water partition coefficient (Wildman–Crippen LogP) is 3.95. The molecule has 1 aromatic carbocycles. The SMILES string of the molecule is CN(CCNc1ccccc1)Cc1ccc(Cl)s1. The molecule has 2 rings (SSSR count). The van der Waals surface area contributed by atoms with Gasteiger partial charge in [0.25, 0.3) is 0 Å². The zero-order valence-corrected chi connectivity index (χ0v) is 12.0. The zero-order valence-electron chi connectivity index (χ0n) is 10.4. The van der Waals surface area contributed by atoms with Crippen molar-refractivity contribution in [2.75, 3.05) is 25.5 Å². The number of nitrogens with one attached hydrogen (secondary N) is 1. The topological polar surface area (TPSA) is 15.3 Å². The summed E-state index contributed by atoms with van der Waals surface area (Å²) in [6.45, 7) is 2.90. The van der Waals surface area contributed by atoms with Crippen molar-refractivity contribution >= 4 is 28.6 Å². The Bertz CT molecular complexity index is 470. The Morgan fingerprint density at radius 1 is 1.17 bits per heavy atom. The Kier molecular flexibility index (Phi) is 5.05. The lowest BCUT2D eigenvalue weighted by atomic mass is 10.3. The highest BCUT2D eigenvalue weighted by Crippen LogP contribution is 2.22. The molecule has 0 fully saturated rings. The Balaban J connectivity index is 1.70. The number of thiophene rings is 1. The fourth-order valence-corrected chi connectivity index (χ4v) is 2.90. The van der Waals surface area contributed by atoms with Crippen molar-refractivity contribution in [1.82, 2.24) is 4.90 Å². The fraction of sp³-hybridized carbons (Fsp3) is 0.286. The first-order valence-corrected chi connectivity index (χ1v) is 7.15. The summed E-state index contributed by atoms with van der Waals surface area (Å²) in [5.41, 5.74) is 1.17. The van der Waals surface area contributed by atoms with Crippen LogP contribution in [0.4, 0.5) is 5.69 Å². The lowest BCUT2D eigenvalue weighted by Crippen LogP contribution is -2.24. The molecule has 2 nitrogen and oxygen atoms in total. The number of anilines is 1. The van der Waals surface area contributed by atoms with E-state index in [0.29, 0.717) is 0 Å². The molecular weight excluding hydrogens is 264 g/mol. The van der Waals surface area contributed by atoms with Crippen molar-refractivity contribution in [3.05, 3.63) is 51.7 Å². The summed E-state index contributed by atoms with van der Waals surface area (Å²) in [4.78, 5) is 3.60. The molecule has 0 aliphatic rings. The standard InChI is InChI=1S/C14H17ClN2S/c1-17(11-13-7-8-14(15)18-13)10-9-16-12-5-3-2-4-6-12/h2-8,16H,9-11H2,1H3. The number of nitrogens with zero attached hydrogens (tertiary/aromatic N) is 1. The quantitative estimate of drug-likeness (QED) is 0.862. The van der Waals surface area contributed by atoms with Gasteiger partial charge < -0.3 is 5.32 Å². The molecule has 0 radical (unpaired) electrons. The number of rotatable bonds is 6. The molecule has 0 aliphatic carbocycles. The van der Waals surface area contributed by atoms with Crippen LogP contribution in [-0.4, -0.2) is 25.0 Å². The van der Waals surface area contributed by atoms with Crippen LogP contribution in [0.3, 0.4) is 0 Å². The minimum absolute atomic E-state index is 0.862. The fourth-order valence-electron chi connectivity index (χ4n) is 1.73. The summed E-state index contributed by atoms with van der Waals surface area (Å²) in [6.07, 6.45) is 0. The van der Waals surface area contributed by atoms with Crippen LogP contribution in [0.15, 0.2) is 42.5 Å². The van der Waals surface area contributed by atoms with E-state index in [0.717, 1.165) is 24.0 Å². The van der Waals surface area contributed by atoms with Gasteiger partial charge in [0, 0.05) is 30.2 Å². The van der Waals surface area contributed by atoms with E-state index in [2.05, 4.69) is 35.5 Å². The molecule has 96 valence electrons. The molecule has 0 bridgehead atoms. The van der Waals surface area contributed by atoms with E-state index >= 15 is 0 Å². The molecule has 0 saturated carbocycles. The summed E-state index contributed by atoms with van der Waals surface area (Å²) >= 11 is 7.57. The van der Waals surface area contributed by atoms with Crippen molar-refractivity contribution in [1.29, 1.82) is 0 Å². The second kappa shape index (κ2) is 6.78. The minimum atomic E-state index is 0.862. The molecule has 0 amide bonds. The minimum Gasteiger partial charge on any atom is -0.384 e. The van der Waals surface area contributed by atoms with E-state index in [1.807, 2.05) is 24.3 Å². The van der Waals surface area contributed by atoms with Crippen molar-refractivity contribution in [3.8, 4) is 0 Å². The summed E-state index contributed by atoms with van der Waals surface area (Å²) in [5.74, 6) is 0. The Morgan fingerprint density at radius 3 is 2.61 bits per heavy atom. The van der Waals surface area contributed by atoms with Gasteiger partial charge in [0.1, 0.15) is 0 Å². The van der Waals surface area contributed by atoms with Gasteiger partial charge in [-0.25, -0.2) is 0 Å². The van der Waals surface area contributed by atoms with Crippen LogP contribution in [0.5, 0.6) is 0 Å². The molecule has 1 heterocycles. The first-order chi connectivity index (χ1) is 8.74. The van der Waals surface area contributed by atoms with Gasteiger partial charge in [0.2, 0.25) is 0 Å². The molecular formula is C14H17ClN2S. The number of halogens is 1. The van der Waals surface area contributed by atoms with Crippen LogP contribution in [0.2, 0.25) is 4.34 Å². The molecule has 4 heteroatoms. The van der Waals surface area contributed by atoms with Crippen LogP contribution in [0.1, 0.15) is 4.88 Å². The van der Waals surface area contributed by atoms with Crippen molar-refractivity contribution in [2.45, 2.75) is 6.54 Å².